The summed E-state index contributed by atoms with van der Waals surface area (Å²) < 4.78 is 13.5. The number of nitrogens with one attached hydrogen (secondary N) is 1. The van der Waals surface area contributed by atoms with Gasteiger partial charge >= 0.3 is 0 Å². The van der Waals surface area contributed by atoms with Gasteiger partial charge in [-0.1, -0.05) is 17.7 Å². The third-order valence-corrected chi connectivity index (χ3v) is 3.50. The molecule has 2 N–H and O–H groups in total. The smallest absolute Gasteiger partial charge is 0.255 e. The van der Waals surface area contributed by atoms with Gasteiger partial charge in [0, 0.05) is 12.3 Å². The third kappa shape index (κ3) is 4.15. The maximum absolute atomic E-state index is 13.5. The zero-order valence-corrected chi connectivity index (χ0v) is 11.7. The highest BCUT2D eigenvalue weighted by atomic mass is 35.5. The highest BCUT2D eigenvalue weighted by Gasteiger charge is 2.22. The Kier molecular flexibility index (Phi) is 5.44. The van der Waals surface area contributed by atoms with Crippen molar-refractivity contribution in [3.63, 3.8) is 0 Å². The van der Waals surface area contributed by atoms with Crippen molar-refractivity contribution >= 4 is 29.3 Å². The zero-order chi connectivity index (χ0) is 13.8. The fourth-order valence-corrected chi connectivity index (χ4v) is 2.41. The molecule has 1 aromatic rings. The molecule has 0 spiro atoms. The maximum Gasteiger partial charge on any atom is 0.255 e. The van der Waals surface area contributed by atoms with Crippen LogP contribution < -0.4 is 5.32 Å². The predicted octanol–water partition coefficient (Wildman–Crippen LogP) is 2.32. The van der Waals surface area contributed by atoms with E-state index in [0.29, 0.717) is 5.75 Å². The van der Waals surface area contributed by atoms with Crippen molar-refractivity contribution in [1.82, 2.24) is 5.32 Å². The Bertz CT molecular complexity index is 420. The first kappa shape index (κ1) is 15.3. The van der Waals surface area contributed by atoms with Gasteiger partial charge in [-0.05, 0) is 25.3 Å². The van der Waals surface area contributed by atoms with Crippen LogP contribution in [0, 0.1) is 5.82 Å². The minimum atomic E-state index is -1.03. The molecule has 18 heavy (non-hydrogen) atoms. The zero-order valence-electron chi connectivity index (χ0n) is 10.2. The molecule has 0 fully saturated rings. The van der Waals surface area contributed by atoms with Crippen molar-refractivity contribution in [3.05, 3.63) is 34.6 Å². The van der Waals surface area contributed by atoms with Crippen LogP contribution in [0.4, 0.5) is 4.39 Å². The SMILES string of the molecule is CSCC(C)(O)CNC(=O)c1c(F)cccc1Cl. The van der Waals surface area contributed by atoms with E-state index in [1.807, 2.05) is 6.26 Å². The third-order valence-electron chi connectivity index (χ3n) is 2.27. The first-order valence-corrected chi connectivity index (χ1v) is 7.08. The van der Waals surface area contributed by atoms with Crippen molar-refractivity contribution in [2.24, 2.45) is 0 Å². The van der Waals surface area contributed by atoms with Crippen LogP contribution in [0.2, 0.25) is 5.02 Å². The van der Waals surface area contributed by atoms with Crippen LogP contribution in [0.25, 0.3) is 0 Å². The van der Waals surface area contributed by atoms with Crippen molar-refractivity contribution < 1.29 is 14.3 Å². The number of amides is 1. The Morgan fingerprint density at radius 2 is 2.28 bits per heavy atom. The number of carbonyl (C=O) groups excluding carboxylic acids is 1. The van der Waals surface area contributed by atoms with E-state index in [4.69, 9.17) is 11.6 Å². The van der Waals surface area contributed by atoms with E-state index in [-0.39, 0.29) is 17.1 Å². The highest BCUT2D eigenvalue weighted by Crippen LogP contribution is 2.19. The number of hydrogen-bond acceptors (Lipinski definition) is 3. The Morgan fingerprint density at radius 1 is 1.61 bits per heavy atom. The summed E-state index contributed by atoms with van der Waals surface area (Å²) in [5, 5.41) is 12.4. The minimum Gasteiger partial charge on any atom is -0.387 e. The van der Waals surface area contributed by atoms with Gasteiger partial charge in [-0.25, -0.2) is 4.39 Å². The first-order valence-electron chi connectivity index (χ1n) is 5.31. The first-order chi connectivity index (χ1) is 8.37. The topological polar surface area (TPSA) is 49.3 Å². The van der Waals surface area contributed by atoms with Gasteiger partial charge in [0.05, 0.1) is 16.2 Å². The molecular formula is C12H15ClFNO2S. The van der Waals surface area contributed by atoms with Gasteiger partial charge in [-0.3, -0.25) is 4.79 Å². The Balaban J connectivity index is 2.72. The summed E-state index contributed by atoms with van der Waals surface area (Å²) in [6, 6.07) is 4.04. The molecular weight excluding hydrogens is 277 g/mol. The number of thioether (sulfide) groups is 1. The molecule has 6 heteroatoms. The Morgan fingerprint density at radius 3 is 2.83 bits per heavy atom. The molecule has 1 atom stereocenters. The second-order valence-electron chi connectivity index (χ2n) is 4.21. The van der Waals surface area contributed by atoms with Crippen LogP contribution in [0.5, 0.6) is 0 Å². The Hall–Kier alpha value is -0.780. The average molecular weight is 292 g/mol. The largest absolute Gasteiger partial charge is 0.387 e. The van der Waals surface area contributed by atoms with E-state index >= 15 is 0 Å². The molecule has 3 nitrogen and oxygen atoms in total. The minimum absolute atomic E-state index is 0.0390. The molecule has 0 saturated carbocycles. The number of benzene rings is 1. The molecule has 0 radical (unpaired) electrons. The molecule has 0 aromatic heterocycles. The van der Waals surface area contributed by atoms with Crippen LogP contribution in [0.1, 0.15) is 17.3 Å². The number of carbonyl (C=O) groups is 1. The monoisotopic (exact) mass is 291 g/mol. The molecule has 0 aliphatic carbocycles. The van der Waals surface area contributed by atoms with Gasteiger partial charge < -0.3 is 10.4 Å². The Labute approximate surface area is 115 Å². The number of hydrogen-bond donors (Lipinski definition) is 2. The van der Waals surface area contributed by atoms with Crippen LogP contribution in [0.3, 0.4) is 0 Å². The van der Waals surface area contributed by atoms with Crippen molar-refractivity contribution in [1.29, 1.82) is 0 Å². The molecule has 0 aliphatic heterocycles. The summed E-state index contributed by atoms with van der Waals surface area (Å²) in [5.74, 6) is -0.831. The van der Waals surface area contributed by atoms with E-state index in [1.54, 1.807) is 6.92 Å². The summed E-state index contributed by atoms with van der Waals surface area (Å²) in [7, 11) is 0. The number of halogens is 2. The van der Waals surface area contributed by atoms with Gasteiger partial charge in [0.1, 0.15) is 5.82 Å². The van der Waals surface area contributed by atoms with Crippen LogP contribution in [-0.2, 0) is 0 Å². The van der Waals surface area contributed by atoms with E-state index in [1.165, 1.54) is 30.0 Å². The molecule has 1 rings (SSSR count). The van der Waals surface area contributed by atoms with E-state index in [2.05, 4.69) is 5.32 Å². The fraction of sp³-hybridized carbons (Fsp3) is 0.417. The number of rotatable bonds is 5. The molecule has 0 aliphatic rings. The van der Waals surface area contributed by atoms with Gasteiger partial charge in [0.15, 0.2) is 0 Å². The summed E-state index contributed by atoms with van der Waals surface area (Å²) in [6.45, 7) is 1.64. The van der Waals surface area contributed by atoms with Crippen LogP contribution >= 0.6 is 23.4 Å². The summed E-state index contributed by atoms with van der Waals surface area (Å²) >= 11 is 7.23. The second-order valence-corrected chi connectivity index (χ2v) is 5.48. The molecule has 0 bridgehead atoms. The summed E-state index contributed by atoms with van der Waals surface area (Å²) in [6.07, 6.45) is 1.85. The normalized spacial score (nSPS) is 14.1. The standard InChI is InChI=1S/C12H15ClFNO2S/c1-12(17,7-18-2)6-15-11(16)10-8(13)4-3-5-9(10)14/h3-5,17H,6-7H2,1-2H3,(H,15,16). The van der Waals surface area contributed by atoms with E-state index in [9.17, 15) is 14.3 Å². The lowest BCUT2D eigenvalue weighted by molar-refractivity contribution is 0.0723. The van der Waals surface area contributed by atoms with Gasteiger partial charge in [0.25, 0.3) is 5.91 Å². The quantitative estimate of drug-likeness (QED) is 0.875. The molecule has 0 heterocycles. The molecule has 1 unspecified atom stereocenters. The highest BCUT2D eigenvalue weighted by molar-refractivity contribution is 7.98. The lowest BCUT2D eigenvalue weighted by Crippen LogP contribution is -2.42. The molecule has 1 amide bonds. The van der Waals surface area contributed by atoms with Crippen molar-refractivity contribution in [2.45, 2.75) is 12.5 Å². The van der Waals surface area contributed by atoms with Crippen LogP contribution in [-0.4, -0.2) is 35.2 Å². The lowest BCUT2D eigenvalue weighted by atomic mass is 10.1. The lowest BCUT2D eigenvalue weighted by Gasteiger charge is -2.22. The summed E-state index contributed by atoms with van der Waals surface area (Å²) in [5.41, 5.74) is -1.23. The molecule has 0 saturated heterocycles. The van der Waals surface area contributed by atoms with Crippen molar-refractivity contribution in [2.75, 3.05) is 18.6 Å². The van der Waals surface area contributed by atoms with Crippen LogP contribution in [0.15, 0.2) is 18.2 Å². The molecule has 100 valence electrons. The fourth-order valence-electron chi connectivity index (χ4n) is 1.44. The molecule has 1 aromatic carbocycles. The van der Waals surface area contributed by atoms with Gasteiger partial charge in [-0.2, -0.15) is 11.8 Å². The van der Waals surface area contributed by atoms with Gasteiger partial charge in [-0.15, -0.1) is 0 Å². The predicted molar refractivity (Wildman–Crippen MR) is 72.7 cm³/mol. The second kappa shape index (κ2) is 6.41. The van der Waals surface area contributed by atoms with E-state index < -0.39 is 17.3 Å². The number of aliphatic hydroxyl groups is 1. The maximum atomic E-state index is 13.5. The summed E-state index contributed by atoms with van der Waals surface area (Å²) in [4.78, 5) is 11.8. The average Bonchev–Trinajstić information content (AvgIpc) is 2.26. The van der Waals surface area contributed by atoms with Crippen molar-refractivity contribution in [3.8, 4) is 0 Å². The van der Waals surface area contributed by atoms with E-state index in [0.717, 1.165) is 0 Å². The van der Waals surface area contributed by atoms with Gasteiger partial charge in [0.2, 0.25) is 0 Å².